The van der Waals surface area contributed by atoms with E-state index in [4.69, 9.17) is 20.4 Å². The number of phenolic OH excluding ortho intramolecular Hbond substituents is 10. The zero-order valence-corrected chi connectivity index (χ0v) is 57.6. The van der Waals surface area contributed by atoms with Gasteiger partial charge in [-0.25, -0.2) is 0 Å². The molecule has 0 radical (unpaired) electrons. The largest absolute Gasteiger partial charge is 0.508 e. The molecule has 0 fully saturated rings. The van der Waals surface area contributed by atoms with Gasteiger partial charge in [-0.3, -0.25) is 0 Å². The van der Waals surface area contributed by atoms with Crippen molar-refractivity contribution in [2.45, 2.75) is 138 Å². The minimum atomic E-state index is 0.175. The van der Waals surface area contributed by atoms with Gasteiger partial charge < -0.3 is 51.1 Å². The Morgan fingerprint density at radius 3 is 0.556 bits per heavy atom. The van der Waals surface area contributed by atoms with E-state index in [0.29, 0.717) is 11.1 Å². The summed E-state index contributed by atoms with van der Waals surface area (Å²) in [7, 11) is 0. The molecule has 0 aliphatic rings. The van der Waals surface area contributed by atoms with Crippen LogP contribution in [0.5, 0.6) is 57.5 Å². The summed E-state index contributed by atoms with van der Waals surface area (Å²) in [6.45, 7) is 40.0. The van der Waals surface area contributed by atoms with Crippen molar-refractivity contribution in [2.24, 2.45) is 0 Å². The van der Waals surface area contributed by atoms with Crippen molar-refractivity contribution in [1.29, 1.82) is 0 Å². The van der Waals surface area contributed by atoms with E-state index in [1.165, 1.54) is 0 Å². The Morgan fingerprint density at radius 2 is 0.333 bits per heavy atom. The van der Waals surface area contributed by atoms with Gasteiger partial charge in [-0.1, -0.05) is 278 Å². The first-order chi connectivity index (χ1) is 43.8. The highest BCUT2D eigenvalue weighted by atomic mass is 16.3. The number of hydrogen-bond acceptors (Lipinski definition) is 10. The summed E-state index contributed by atoms with van der Waals surface area (Å²) in [6.07, 6.45) is 0. The van der Waals surface area contributed by atoms with Gasteiger partial charge >= 0.3 is 0 Å². The van der Waals surface area contributed by atoms with Crippen molar-refractivity contribution in [2.75, 3.05) is 0 Å². The first kappa shape index (κ1) is 89.0. The summed E-state index contributed by atoms with van der Waals surface area (Å²) in [4.78, 5) is 0. The lowest BCUT2D eigenvalue weighted by atomic mass is 10.0. The molecule has 0 saturated heterocycles. The normalized spacial score (nSPS) is 8.44. The molecule has 10 nitrogen and oxygen atoms in total. The molecule has 0 aromatic heterocycles. The standard InChI is InChI=1S/5C12H10O2.10C2H6/c13-11-5-1-9(2-6-11)10-3-7-12(14)8-4-10;13-11-5-1-3-9(7-11)10-4-2-6-12(14)8-10;13-11-7-3-1-5-9(11)10-6-2-4-8-12(10)14;13-11-6-4-9(5-7-11)10-2-1-3-12(14)8-10;13-10-7-5-9(6-8-10)11-3-1-2-4-12(11)14;10*1-2/h5*1-8,13-14H;10*1-2H3. The van der Waals surface area contributed by atoms with Gasteiger partial charge in [0.1, 0.15) is 57.5 Å². The van der Waals surface area contributed by atoms with Crippen LogP contribution in [0, 0.1) is 0 Å². The second kappa shape index (κ2) is 59.5. The van der Waals surface area contributed by atoms with Crippen molar-refractivity contribution in [3.05, 3.63) is 243 Å². The summed E-state index contributed by atoms with van der Waals surface area (Å²) in [6, 6.07) is 69.4. The number of aromatic hydroxyl groups is 10. The predicted molar refractivity (Wildman–Crippen MR) is 390 cm³/mol. The zero-order valence-electron chi connectivity index (χ0n) is 57.6. The molecule has 490 valence electrons. The fourth-order valence-corrected chi connectivity index (χ4v) is 6.78. The minimum absolute atomic E-state index is 0.175. The van der Waals surface area contributed by atoms with Gasteiger partial charge in [0, 0.05) is 16.7 Å². The molecular weight excluding hydrogens is 1120 g/mol. The number of para-hydroxylation sites is 3. The molecule has 0 aliphatic carbocycles. The average Bonchev–Trinajstić information content (AvgIpc) is 1.56. The fourth-order valence-electron chi connectivity index (χ4n) is 6.78. The van der Waals surface area contributed by atoms with Gasteiger partial charge in [-0.15, -0.1) is 0 Å². The van der Waals surface area contributed by atoms with Gasteiger partial charge in [-0.2, -0.15) is 0 Å². The third-order valence-corrected chi connectivity index (χ3v) is 10.3. The molecule has 0 spiro atoms. The van der Waals surface area contributed by atoms with Crippen LogP contribution in [-0.2, 0) is 0 Å². The molecular formula is C80H110O10. The molecule has 0 saturated carbocycles. The summed E-state index contributed by atoms with van der Waals surface area (Å²) in [5.41, 5.74) is 8.67. The van der Waals surface area contributed by atoms with Crippen LogP contribution in [0.1, 0.15) is 138 Å². The highest BCUT2D eigenvalue weighted by Gasteiger charge is 2.07. The van der Waals surface area contributed by atoms with Crippen LogP contribution < -0.4 is 0 Å². The van der Waals surface area contributed by atoms with Crippen molar-refractivity contribution in [1.82, 2.24) is 0 Å². The van der Waals surface area contributed by atoms with Crippen molar-refractivity contribution < 1.29 is 51.1 Å². The van der Waals surface area contributed by atoms with E-state index in [2.05, 4.69) is 0 Å². The fraction of sp³-hybridized carbons (Fsp3) is 0.250. The predicted octanol–water partition coefficient (Wildman–Crippen LogP) is 24.1. The molecule has 10 N–H and O–H groups in total. The molecule has 0 heterocycles. The topological polar surface area (TPSA) is 202 Å². The van der Waals surface area contributed by atoms with Gasteiger partial charge in [0.15, 0.2) is 0 Å². The Bertz CT molecular complexity index is 3060. The van der Waals surface area contributed by atoms with Crippen molar-refractivity contribution in [3.8, 4) is 113 Å². The third-order valence-electron chi connectivity index (χ3n) is 10.3. The molecule has 90 heavy (non-hydrogen) atoms. The quantitative estimate of drug-likeness (QED) is 0.0790. The second-order valence-electron chi connectivity index (χ2n) is 15.4. The second-order valence-corrected chi connectivity index (χ2v) is 15.4. The van der Waals surface area contributed by atoms with E-state index in [1.807, 2.05) is 217 Å². The van der Waals surface area contributed by atoms with Gasteiger partial charge in [0.2, 0.25) is 0 Å². The lowest BCUT2D eigenvalue weighted by molar-refractivity contribution is 0.469. The van der Waals surface area contributed by atoms with Crippen molar-refractivity contribution >= 4 is 0 Å². The Labute approximate surface area is 542 Å². The maximum absolute atomic E-state index is 9.58. The zero-order chi connectivity index (χ0) is 69.8. The number of benzene rings is 10. The number of phenols is 10. The van der Waals surface area contributed by atoms with E-state index in [0.717, 1.165) is 44.5 Å². The first-order valence-corrected chi connectivity index (χ1v) is 31.7. The van der Waals surface area contributed by atoms with E-state index in [9.17, 15) is 30.6 Å². The summed E-state index contributed by atoms with van der Waals surface area (Å²) in [5.74, 6) is 2.28. The van der Waals surface area contributed by atoms with Gasteiger partial charge in [-0.05, 0) is 142 Å². The van der Waals surface area contributed by atoms with Crippen LogP contribution in [0.25, 0.3) is 55.6 Å². The first-order valence-electron chi connectivity index (χ1n) is 31.7. The van der Waals surface area contributed by atoms with E-state index < -0.39 is 0 Å². The van der Waals surface area contributed by atoms with Crippen LogP contribution in [0.2, 0.25) is 0 Å². The molecule has 0 unspecified atom stereocenters. The smallest absolute Gasteiger partial charge is 0.123 e. The SMILES string of the molecule is CC.CC.CC.CC.CC.CC.CC.CC.CC.CC.Oc1ccc(-c2ccc(O)cc2)cc1.Oc1ccc(-c2cccc(O)c2)cc1.Oc1ccc(-c2ccccc2O)cc1.Oc1cccc(-c2cccc(O)c2)c1.Oc1ccccc1-c1ccccc1O. The average molecular weight is 1230 g/mol. The monoisotopic (exact) mass is 1230 g/mol. The Morgan fingerprint density at radius 1 is 0.144 bits per heavy atom. The molecule has 10 rings (SSSR count). The molecule has 0 amide bonds. The molecule has 10 aromatic carbocycles. The molecule has 10 heteroatoms. The maximum Gasteiger partial charge on any atom is 0.123 e. The summed E-state index contributed by atoms with van der Waals surface area (Å²) >= 11 is 0. The highest BCUT2D eigenvalue weighted by Crippen LogP contribution is 2.35. The van der Waals surface area contributed by atoms with E-state index >= 15 is 0 Å². The maximum atomic E-state index is 9.58. The van der Waals surface area contributed by atoms with Crippen LogP contribution in [0.4, 0.5) is 0 Å². The Kier molecular flexibility index (Phi) is 58.8. The lowest BCUT2D eigenvalue weighted by Crippen LogP contribution is -1.79. The van der Waals surface area contributed by atoms with Gasteiger partial charge in [0.05, 0.1) is 0 Å². The Balaban J connectivity index is -0.000000312. The molecule has 0 atom stereocenters. The molecule has 0 bridgehead atoms. The number of hydrogen-bond donors (Lipinski definition) is 10. The van der Waals surface area contributed by atoms with Crippen LogP contribution in [0.3, 0.4) is 0 Å². The van der Waals surface area contributed by atoms with Crippen LogP contribution in [-0.4, -0.2) is 51.1 Å². The van der Waals surface area contributed by atoms with E-state index in [-0.39, 0.29) is 57.5 Å². The van der Waals surface area contributed by atoms with Crippen molar-refractivity contribution in [3.63, 3.8) is 0 Å². The van der Waals surface area contributed by atoms with Crippen LogP contribution >= 0.6 is 0 Å². The third kappa shape index (κ3) is 36.4. The summed E-state index contributed by atoms with van der Waals surface area (Å²) in [5, 5.41) is 93.0. The molecule has 0 aliphatic heterocycles. The minimum Gasteiger partial charge on any atom is -0.508 e. The lowest BCUT2D eigenvalue weighted by Gasteiger charge is -2.05. The molecule has 10 aromatic rings. The van der Waals surface area contributed by atoms with E-state index in [1.54, 1.807) is 164 Å². The Hall–Kier alpha value is -9.80. The highest BCUT2D eigenvalue weighted by molar-refractivity contribution is 5.75. The van der Waals surface area contributed by atoms with Crippen LogP contribution in [0.15, 0.2) is 243 Å². The van der Waals surface area contributed by atoms with Gasteiger partial charge in [0.25, 0.3) is 0 Å². The summed E-state index contributed by atoms with van der Waals surface area (Å²) < 4.78 is 0. The number of rotatable bonds is 5.